The van der Waals surface area contributed by atoms with E-state index in [0.717, 1.165) is 22.6 Å². The predicted octanol–water partition coefficient (Wildman–Crippen LogP) is 1.96. The molecule has 88 valence electrons. The molecule has 1 aliphatic rings. The molecule has 0 saturated heterocycles. The van der Waals surface area contributed by atoms with Gasteiger partial charge in [-0.15, -0.1) is 5.10 Å². The number of nitrogens with two attached hydrogens (primary N) is 1. The van der Waals surface area contributed by atoms with Crippen molar-refractivity contribution < 1.29 is 0 Å². The molecule has 0 aliphatic heterocycles. The van der Waals surface area contributed by atoms with Crippen LogP contribution in [0.15, 0.2) is 18.2 Å². The van der Waals surface area contributed by atoms with Crippen LogP contribution < -0.4 is 5.73 Å². The summed E-state index contributed by atoms with van der Waals surface area (Å²) in [7, 11) is 0. The second-order valence-electron chi connectivity index (χ2n) is 4.60. The van der Waals surface area contributed by atoms with Crippen LogP contribution in [0.3, 0.4) is 0 Å². The Morgan fingerprint density at radius 2 is 2.18 bits per heavy atom. The molecule has 1 aromatic carbocycles. The molecule has 1 aliphatic carbocycles. The van der Waals surface area contributed by atoms with Gasteiger partial charge in [0.25, 0.3) is 0 Å². The Hall–Kier alpha value is -1.91. The van der Waals surface area contributed by atoms with E-state index in [9.17, 15) is 0 Å². The average molecular weight is 229 g/mol. The molecule has 5 nitrogen and oxygen atoms in total. The van der Waals surface area contributed by atoms with Gasteiger partial charge in [-0.25, -0.2) is 4.68 Å². The van der Waals surface area contributed by atoms with Gasteiger partial charge in [0.2, 0.25) is 0 Å². The summed E-state index contributed by atoms with van der Waals surface area (Å²) in [5.41, 5.74) is 8.72. The highest BCUT2D eigenvalue weighted by molar-refractivity contribution is 5.61. The molecule has 0 atom stereocenters. The first-order chi connectivity index (χ1) is 8.25. The Morgan fingerprint density at radius 3 is 2.82 bits per heavy atom. The number of tetrazole rings is 1. The van der Waals surface area contributed by atoms with Crippen LogP contribution in [-0.2, 0) is 0 Å². The van der Waals surface area contributed by atoms with Crippen molar-refractivity contribution >= 4 is 5.69 Å². The first-order valence-corrected chi connectivity index (χ1v) is 5.90. The Kier molecular flexibility index (Phi) is 2.31. The van der Waals surface area contributed by atoms with E-state index in [4.69, 9.17) is 5.73 Å². The Morgan fingerprint density at radius 1 is 1.35 bits per heavy atom. The minimum Gasteiger partial charge on any atom is -0.399 e. The molecule has 0 unspecified atom stereocenters. The summed E-state index contributed by atoms with van der Waals surface area (Å²) in [6.45, 7) is 2.00. The maximum absolute atomic E-state index is 5.82. The quantitative estimate of drug-likeness (QED) is 0.799. The van der Waals surface area contributed by atoms with Gasteiger partial charge in [-0.2, -0.15) is 0 Å². The molecule has 3 rings (SSSR count). The van der Waals surface area contributed by atoms with Gasteiger partial charge in [-0.3, -0.25) is 0 Å². The topological polar surface area (TPSA) is 69.6 Å². The lowest BCUT2D eigenvalue weighted by Gasteiger charge is -2.25. The third-order valence-corrected chi connectivity index (χ3v) is 3.44. The summed E-state index contributed by atoms with van der Waals surface area (Å²) in [4.78, 5) is 0. The Labute approximate surface area is 99.6 Å². The number of hydrogen-bond acceptors (Lipinski definition) is 4. The van der Waals surface area contributed by atoms with E-state index >= 15 is 0 Å². The molecule has 0 radical (unpaired) electrons. The first-order valence-electron chi connectivity index (χ1n) is 5.90. The highest BCUT2D eigenvalue weighted by Crippen LogP contribution is 2.33. The lowest BCUT2D eigenvalue weighted by atomic mass is 9.93. The summed E-state index contributed by atoms with van der Waals surface area (Å²) < 4.78 is 1.94. The van der Waals surface area contributed by atoms with E-state index in [1.165, 1.54) is 19.3 Å². The fraction of sp³-hybridized carbons (Fsp3) is 0.417. The number of aromatic nitrogens is 4. The number of nitrogen functional groups attached to an aromatic ring is 1. The van der Waals surface area contributed by atoms with Crippen molar-refractivity contribution in [2.45, 2.75) is 32.2 Å². The number of anilines is 1. The van der Waals surface area contributed by atoms with Crippen molar-refractivity contribution in [3.63, 3.8) is 0 Å². The molecule has 1 fully saturated rings. The van der Waals surface area contributed by atoms with Crippen molar-refractivity contribution in [2.24, 2.45) is 0 Å². The molecule has 1 aromatic heterocycles. The monoisotopic (exact) mass is 229 g/mol. The second kappa shape index (κ2) is 3.84. The summed E-state index contributed by atoms with van der Waals surface area (Å²) in [5.74, 6) is 0.845. The second-order valence-corrected chi connectivity index (χ2v) is 4.60. The van der Waals surface area contributed by atoms with Crippen LogP contribution in [-0.4, -0.2) is 20.2 Å². The van der Waals surface area contributed by atoms with Gasteiger partial charge in [-0.05, 0) is 60.4 Å². The molecule has 17 heavy (non-hydrogen) atoms. The lowest BCUT2D eigenvalue weighted by molar-refractivity contribution is 0.287. The van der Waals surface area contributed by atoms with Crippen LogP contribution in [0.4, 0.5) is 5.69 Å². The minimum atomic E-state index is 0.470. The molecule has 0 spiro atoms. The molecule has 0 amide bonds. The Balaban J connectivity index is 2.02. The Bertz CT molecular complexity index is 542. The van der Waals surface area contributed by atoms with Crippen LogP contribution in [0.5, 0.6) is 0 Å². The summed E-state index contributed by atoms with van der Waals surface area (Å²) in [6.07, 6.45) is 3.61. The van der Waals surface area contributed by atoms with Crippen molar-refractivity contribution in [2.75, 3.05) is 5.73 Å². The third-order valence-electron chi connectivity index (χ3n) is 3.44. The van der Waals surface area contributed by atoms with Gasteiger partial charge < -0.3 is 5.73 Å². The molecule has 5 heteroatoms. The standard InChI is InChI=1S/C12H15N5/c1-8-7-9(5-6-11(8)13)12-14-15-16-17(12)10-3-2-4-10/h5-7,10H,2-4,13H2,1H3. The summed E-state index contributed by atoms with van der Waals surface area (Å²) in [6, 6.07) is 6.39. The van der Waals surface area contributed by atoms with Crippen LogP contribution in [0.1, 0.15) is 30.9 Å². The number of hydrogen-bond donors (Lipinski definition) is 1. The molecule has 2 aromatic rings. The van der Waals surface area contributed by atoms with Gasteiger partial charge in [0, 0.05) is 11.3 Å². The molecular weight excluding hydrogens is 214 g/mol. The molecule has 0 bridgehead atoms. The number of aryl methyl sites for hydroxylation is 1. The fourth-order valence-corrected chi connectivity index (χ4v) is 2.08. The van der Waals surface area contributed by atoms with E-state index in [0.29, 0.717) is 6.04 Å². The minimum absolute atomic E-state index is 0.470. The van der Waals surface area contributed by atoms with Gasteiger partial charge in [0.1, 0.15) is 0 Å². The maximum atomic E-state index is 5.82. The average Bonchev–Trinajstić information content (AvgIpc) is 2.68. The van der Waals surface area contributed by atoms with Gasteiger partial charge in [0.05, 0.1) is 6.04 Å². The van der Waals surface area contributed by atoms with E-state index in [1.54, 1.807) is 0 Å². The number of benzene rings is 1. The fourth-order valence-electron chi connectivity index (χ4n) is 2.08. The number of rotatable bonds is 2. The van der Waals surface area contributed by atoms with Crippen LogP contribution >= 0.6 is 0 Å². The van der Waals surface area contributed by atoms with Crippen molar-refractivity contribution in [3.8, 4) is 11.4 Å². The van der Waals surface area contributed by atoms with Gasteiger partial charge >= 0.3 is 0 Å². The zero-order chi connectivity index (χ0) is 11.8. The van der Waals surface area contributed by atoms with Crippen molar-refractivity contribution in [3.05, 3.63) is 23.8 Å². The SMILES string of the molecule is Cc1cc(-c2nnnn2C2CCC2)ccc1N. The normalized spacial score (nSPS) is 15.8. The van der Waals surface area contributed by atoms with E-state index in [-0.39, 0.29) is 0 Å². The lowest BCUT2D eigenvalue weighted by Crippen LogP contribution is -2.19. The summed E-state index contributed by atoms with van der Waals surface area (Å²) in [5, 5.41) is 12.0. The molecule has 1 heterocycles. The highest BCUT2D eigenvalue weighted by Gasteiger charge is 2.24. The smallest absolute Gasteiger partial charge is 0.182 e. The zero-order valence-corrected chi connectivity index (χ0v) is 9.80. The predicted molar refractivity (Wildman–Crippen MR) is 65.3 cm³/mol. The van der Waals surface area contributed by atoms with E-state index in [2.05, 4.69) is 15.5 Å². The van der Waals surface area contributed by atoms with E-state index in [1.807, 2.05) is 29.8 Å². The molecule has 1 saturated carbocycles. The first kappa shape index (κ1) is 10.3. The van der Waals surface area contributed by atoms with Crippen LogP contribution in [0.2, 0.25) is 0 Å². The zero-order valence-electron chi connectivity index (χ0n) is 9.80. The van der Waals surface area contributed by atoms with Crippen molar-refractivity contribution in [1.29, 1.82) is 0 Å². The highest BCUT2D eigenvalue weighted by atomic mass is 15.6. The maximum Gasteiger partial charge on any atom is 0.182 e. The number of nitrogens with zero attached hydrogens (tertiary/aromatic N) is 4. The van der Waals surface area contributed by atoms with Gasteiger partial charge in [-0.1, -0.05) is 0 Å². The molecule has 2 N–H and O–H groups in total. The summed E-state index contributed by atoms with van der Waals surface area (Å²) >= 11 is 0. The van der Waals surface area contributed by atoms with Crippen LogP contribution in [0, 0.1) is 6.92 Å². The molecular formula is C12H15N5. The van der Waals surface area contributed by atoms with Crippen LogP contribution in [0.25, 0.3) is 11.4 Å². The van der Waals surface area contributed by atoms with Crippen molar-refractivity contribution in [1.82, 2.24) is 20.2 Å². The van der Waals surface area contributed by atoms with Gasteiger partial charge in [0.15, 0.2) is 5.82 Å². The third kappa shape index (κ3) is 1.67. The van der Waals surface area contributed by atoms with E-state index < -0.39 is 0 Å². The largest absolute Gasteiger partial charge is 0.399 e.